The molecule has 2 unspecified atom stereocenters. The Balaban J connectivity index is 1.47. The molecule has 0 radical (unpaired) electrons. The number of hydrogen-bond donors (Lipinski definition) is 1. The van der Waals surface area contributed by atoms with Crippen LogP contribution < -0.4 is 5.73 Å². The first-order valence-electron chi connectivity index (χ1n) is 8.68. The Morgan fingerprint density at radius 2 is 1.86 bits per heavy atom. The minimum Gasteiger partial charge on any atom is -0.327 e. The molecular formula is C19H30N2. The van der Waals surface area contributed by atoms with E-state index in [9.17, 15) is 0 Å². The number of hydrogen-bond acceptors (Lipinski definition) is 2. The highest BCUT2D eigenvalue weighted by molar-refractivity contribution is 5.15. The molecule has 1 aliphatic heterocycles. The molecule has 21 heavy (non-hydrogen) atoms. The van der Waals surface area contributed by atoms with Gasteiger partial charge >= 0.3 is 0 Å². The third-order valence-electron chi connectivity index (χ3n) is 5.82. The van der Waals surface area contributed by atoms with Crippen LogP contribution in [0.1, 0.15) is 44.6 Å². The zero-order chi connectivity index (χ0) is 14.7. The van der Waals surface area contributed by atoms with E-state index >= 15 is 0 Å². The van der Waals surface area contributed by atoms with Crippen molar-refractivity contribution in [1.29, 1.82) is 0 Å². The van der Waals surface area contributed by atoms with E-state index in [2.05, 4.69) is 42.2 Å². The molecule has 1 heterocycles. The van der Waals surface area contributed by atoms with Crippen molar-refractivity contribution in [1.82, 2.24) is 4.90 Å². The first kappa shape index (κ1) is 15.1. The maximum absolute atomic E-state index is 6.33. The lowest BCUT2D eigenvalue weighted by Crippen LogP contribution is -2.46. The topological polar surface area (TPSA) is 29.3 Å². The summed E-state index contributed by atoms with van der Waals surface area (Å²) in [4.78, 5) is 2.67. The molecule has 2 aliphatic rings. The van der Waals surface area contributed by atoms with Crippen molar-refractivity contribution < 1.29 is 0 Å². The van der Waals surface area contributed by atoms with Crippen LogP contribution in [0.2, 0.25) is 0 Å². The van der Waals surface area contributed by atoms with Gasteiger partial charge in [-0.2, -0.15) is 0 Å². The Kier molecular flexibility index (Phi) is 4.66. The number of nitrogens with two attached hydrogens (primary N) is 1. The van der Waals surface area contributed by atoms with E-state index in [1.165, 1.54) is 63.7 Å². The smallest absolute Gasteiger partial charge is 0.0105 e. The van der Waals surface area contributed by atoms with Crippen molar-refractivity contribution in [2.75, 3.05) is 19.6 Å². The highest BCUT2D eigenvalue weighted by Crippen LogP contribution is 2.38. The maximum Gasteiger partial charge on any atom is 0.0105 e. The van der Waals surface area contributed by atoms with Crippen LogP contribution in [-0.2, 0) is 6.42 Å². The summed E-state index contributed by atoms with van der Waals surface area (Å²) in [7, 11) is 0. The molecule has 2 N–H and O–H groups in total. The standard InChI is InChI=1S/C19H30N2/c1-19(11-5-8-18(19)20)15-21-12-9-17(10-13-21)14-16-6-3-2-4-7-16/h2-4,6-7,17-18H,5,8-15,20H2,1H3. The van der Waals surface area contributed by atoms with Crippen molar-refractivity contribution in [3.8, 4) is 0 Å². The first-order chi connectivity index (χ1) is 10.2. The lowest BCUT2D eigenvalue weighted by molar-refractivity contribution is 0.112. The summed E-state index contributed by atoms with van der Waals surface area (Å²) in [5, 5.41) is 0. The molecule has 1 aromatic carbocycles. The number of rotatable bonds is 4. The third-order valence-corrected chi connectivity index (χ3v) is 5.82. The van der Waals surface area contributed by atoms with E-state index in [0.29, 0.717) is 11.5 Å². The average Bonchev–Trinajstić information content (AvgIpc) is 2.82. The zero-order valence-corrected chi connectivity index (χ0v) is 13.4. The van der Waals surface area contributed by atoms with Crippen LogP contribution in [0.3, 0.4) is 0 Å². The molecule has 1 saturated heterocycles. The first-order valence-corrected chi connectivity index (χ1v) is 8.68. The predicted molar refractivity (Wildman–Crippen MR) is 89.2 cm³/mol. The molecule has 0 bridgehead atoms. The van der Waals surface area contributed by atoms with Crippen molar-refractivity contribution in [3.05, 3.63) is 35.9 Å². The van der Waals surface area contributed by atoms with E-state index in [1.54, 1.807) is 0 Å². The Morgan fingerprint density at radius 3 is 2.48 bits per heavy atom. The molecule has 2 heteroatoms. The van der Waals surface area contributed by atoms with Gasteiger partial charge in [-0.1, -0.05) is 43.7 Å². The summed E-state index contributed by atoms with van der Waals surface area (Å²) in [5.41, 5.74) is 8.20. The second-order valence-corrected chi connectivity index (χ2v) is 7.56. The Labute approximate surface area is 129 Å². The average molecular weight is 286 g/mol. The van der Waals surface area contributed by atoms with Gasteiger partial charge in [-0.05, 0) is 62.1 Å². The monoisotopic (exact) mass is 286 g/mol. The van der Waals surface area contributed by atoms with Gasteiger partial charge in [-0.3, -0.25) is 0 Å². The molecule has 0 amide bonds. The van der Waals surface area contributed by atoms with Crippen molar-refractivity contribution in [3.63, 3.8) is 0 Å². The SMILES string of the molecule is CC1(CN2CCC(Cc3ccccc3)CC2)CCCC1N. The minimum atomic E-state index is 0.367. The lowest BCUT2D eigenvalue weighted by Gasteiger charge is -2.39. The van der Waals surface area contributed by atoms with Crippen LogP contribution in [0.25, 0.3) is 0 Å². The number of likely N-dealkylation sites (tertiary alicyclic amines) is 1. The summed E-state index contributed by atoms with van der Waals surface area (Å²) in [6.45, 7) is 6.15. The molecule has 3 rings (SSSR count). The quantitative estimate of drug-likeness (QED) is 0.918. The molecule has 1 saturated carbocycles. The van der Waals surface area contributed by atoms with Gasteiger partial charge in [0, 0.05) is 12.6 Å². The van der Waals surface area contributed by atoms with Gasteiger partial charge in [-0.15, -0.1) is 0 Å². The van der Waals surface area contributed by atoms with Crippen LogP contribution in [0.4, 0.5) is 0 Å². The molecule has 116 valence electrons. The van der Waals surface area contributed by atoms with Crippen LogP contribution >= 0.6 is 0 Å². The van der Waals surface area contributed by atoms with Gasteiger partial charge in [0.05, 0.1) is 0 Å². The largest absolute Gasteiger partial charge is 0.327 e. The van der Waals surface area contributed by atoms with Crippen molar-refractivity contribution >= 4 is 0 Å². The highest BCUT2D eigenvalue weighted by atomic mass is 15.1. The Bertz CT molecular complexity index is 436. The molecule has 2 nitrogen and oxygen atoms in total. The van der Waals surface area contributed by atoms with E-state index in [0.717, 1.165) is 5.92 Å². The fourth-order valence-electron chi connectivity index (χ4n) is 4.26. The molecule has 2 fully saturated rings. The molecule has 0 aromatic heterocycles. The molecular weight excluding hydrogens is 256 g/mol. The minimum absolute atomic E-state index is 0.367. The second kappa shape index (κ2) is 6.50. The second-order valence-electron chi connectivity index (χ2n) is 7.56. The molecule has 2 atom stereocenters. The summed E-state index contributed by atoms with van der Waals surface area (Å²) >= 11 is 0. The van der Waals surface area contributed by atoms with E-state index in [1.807, 2.05) is 0 Å². The van der Waals surface area contributed by atoms with Crippen LogP contribution in [-0.4, -0.2) is 30.6 Å². The molecule has 0 spiro atoms. The molecule has 1 aromatic rings. The number of nitrogens with zero attached hydrogens (tertiary/aromatic N) is 1. The van der Waals surface area contributed by atoms with Gasteiger partial charge in [-0.25, -0.2) is 0 Å². The Hall–Kier alpha value is -0.860. The highest BCUT2D eigenvalue weighted by Gasteiger charge is 2.38. The fraction of sp³-hybridized carbons (Fsp3) is 0.684. The van der Waals surface area contributed by atoms with Gasteiger partial charge in [0.15, 0.2) is 0 Å². The van der Waals surface area contributed by atoms with Gasteiger partial charge < -0.3 is 10.6 Å². The predicted octanol–water partition coefficient (Wildman–Crippen LogP) is 3.46. The van der Waals surface area contributed by atoms with Crippen molar-refractivity contribution in [2.24, 2.45) is 17.1 Å². The number of benzene rings is 1. The van der Waals surface area contributed by atoms with Gasteiger partial charge in [0.2, 0.25) is 0 Å². The third kappa shape index (κ3) is 3.67. The Morgan fingerprint density at radius 1 is 1.14 bits per heavy atom. The normalized spacial score (nSPS) is 31.6. The summed E-state index contributed by atoms with van der Waals surface area (Å²) in [6, 6.07) is 11.4. The van der Waals surface area contributed by atoms with E-state index in [-0.39, 0.29) is 0 Å². The van der Waals surface area contributed by atoms with E-state index < -0.39 is 0 Å². The van der Waals surface area contributed by atoms with Crippen LogP contribution in [0.5, 0.6) is 0 Å². The van der Waals surface area contributed by atoms with Gasteiger partial charge in [0.1, 0.15) is 0 Å². The van der Waals surface area contributed by atoms with Gasteiger partial charge in [0.25, 0.3) is 0 Å². The van der Waals surface area contributed by atoms with E-state index in [4.69, 9.17) is 5.73 Å². The fourth-order valence-corrected chi connectivity index (χ4v) is 4.26. The van der Waals surface area contributed by atoms with Crippen molar-refractivity contribution in [2.45, 2.75) is 51.5 Å². The summed E-state index contributed by atoms with van der Waals surface area (Å²) < 4.78 is 0. The molecule has 1 aliphatic carbocycles. The summed E-state index contributed by atoms with van der Waals surface area (Å²) in [5.74, 6) is 0.869. The summed E-state index contributed by atoms with van der Waals surface area (Å²) in [6.07, 6.45) is 7.81. The zero-order valence-electron chi connectivity index (χ0n) is 13.4. The lowest BCUT2D eigenvalue weighted by atomic mass is 9.83. The number of piperidine rings is 1. The van der Waals surface area contributed by atoms with Crippen LogP contribution in [0, 0.1) is 11.3 Å². The van der Waals surface area contributed by atoms with Crippen LogP contribution in [0.15, 0.2) is 30.3 Å². The maximum atomic E-state index is 6.33.